The number of aliphatic hydroxyl groups is 1. The fourth-order valence-corrected chi connectivity index (χ4v) is 3.93. The van der Waals surface area contributed by atoms with Gasteiger partial charge < -0.3 is 14.6 Å². The molecule has 0 bridgehead atoms. The first kappa shape index (κ1) is 24.9. The molecule has 1 aliphatic heterocycles. The van der Waals surface area contributed by atoms with Crippen molar-refractivity contribution in [3.8, 4) is 0 Å². The first-order chi connectivity index (χ1) is 13.2. The van der Waals surface area contributed by atoms with Crippen LogP contribution in [-0.4, -0.2) is 30.7 Å². The fraction of sp³-hybridized carbons (Fsp3) is 1.00. The molecule has 0 saturated carbocycles. The van der Waals surface area contributed by atoms with Gasteiger partial charge in [0.1, 0.15) is 6.61 Å². The van der Waals surface area contributed by atoms with E-state index in [1.165, 1.54) is 96.3 Å². The summed E-state index contributed by atoms with van der Waals surface area (Å²) in [5.74, 6) is -0.849. The topological polar surface area (TPSA) is 38.7 Å². The Morgan fingerprint density at radius 1 is 0.778 bits per heavy atom. The summed E-state index contributed by atoms with van der Waals surface area (Å²) in [6, 6.07) is 0. The van der Waals surface area contributed by atoms with Crippen LogP contribution in [0.3, 0.4) is 0 Å². The smallest absolute Gasteiger partial charge is 0.191 e. The van der Waals surface area contributed by atoms with E-state index < -0.39 is 5.79 Å². The largest absolute Gasteiger partial charge is 0.376 e. The lowest BCUT2D eigenvalue weighted by Gasteiger charge is -2.26. The Bertz CT molecular complexity index is 321. The molecule has 1 heterocycles. The van der Waals surface area contributed by atoms with Gasteiger partial charge in [-0.2, -0.15) is 0 Å². The van der Waals surface area contributed by atoms with Gasteiger partial charge in [-0.15, -0.1) is 0 Å². The van der Waals surface area contributed by atoms with Gasteiger partial charge >= 0.3 is 0 Å². The molecule has 2 atom stereocenters. The van der Waals surface area contributed by atoms with Crippen molar-refractivity contribution >= 4 is 0 Å². The maximum absolute atomic E-state index is 10.2. The second-order valence-electron chi connectivity index (χ2n) is 8.74. The van der Waals surface area contributed by atoms with E-state index in [9.17, 15) is 5.11 Å². The zero-order chi connectivity index (χ0) is 19.6. The lowest BCUT2D eigenvalue weighted by atomic mass is 10.0. The minimum absolute atomic E-state index is 0.184. The van der Waals surface area contributed by atoms with Crippen LogP contribution in [0.4, 0.5) is 0 Å². The lowest BCUT2D eigenvalue weighted by molar-refractivity contribution is -0.223. The van der Waals surface area contributed by atoms with Gasteiger partial charge in [-0.3, -0.25) is 0 Å². The van der Waals surface area contributed by atoms with Crippen molar-refractivity contribution in [1.82, 2.24) is 0 Å². The van der Waals surface area contributed by atoms with Gasteiger partial charge in [0.05, 0.1) is 6.61 Å². The van der Waals surface area contributed by atoms with Crippen molar-refractivity contribution in [3.05, 3.63) is 0 Å². The minimum Gasteiger partial charge on any atom is -0.376 e. The Hall–Kier alpha value is -0.120. The van der Waals surface area contributed by atoms with Crippen molar-refractivity contribution in [2.24, 2.45) is 5.92 Å². The molecule has 0 aliphatic carbocycles. The molecule has 0 spiro atoms. The first-order valence-electron chi connectivity index (χ1n) is 12.1. The van der Waals surface area contributed by atoms with E-state index >= 15 is 0 Å². The van der Waals surface area contributed by atoms with Crippen LogP contribution in [0.25, 0.3) is 0 Å². The number of ether oxygens (including phenoxy) is 2. The highest BCUT2D eigenvalue weighted by atomic mass is 16.7. The predicted octanol–water partition coefficient (Wildman–Crippen LogP) is 7.01. The summed E-state index contributed by atoms with van der Waals surface area (Å²) in [4.78, 5) is 0. The van der Waals surface area contributed by atoms with Gasteiger partial charge in [0, 0.05) is 12.5 Å². The monoisotopic (exact) mass is 384 g/mol. The molecular weight excluding hydrogens is 336 g/mol. The van der Waals surface area contributed by atoms with Crippen molar-refractivity contribution in [2.75, 3.05) is 19.8 Å². The summed E-state index contributed by atoms with van der Waals surface area (Å²) < 4.78 is 11.1. The Labute approximate surface area is 169 Å². The molecule has 1 aliphatic rings. The number of hydrogen-bond acceptors (Lipinski definition) is 3. The number of hydrogen-bond donors (Lipinski definition) is 1. The minimum atomic E-state index is -1.03. The van der Waals surface area contributed by atoms with E-state index in [2.05, 4.69) is 6.92 Å². The van der Waals surface area contributed by atoms with Crippen LogP contribution in [0.15, 0.2) is 0 Å². The second-order valence-corrected chi connectivity index (χ2v) is 8.74. The average molecular weight is 385 g/mol. The SMILES string of the molecule is CCCCCCCCCCCCCCCCCCOCC1(O)OCCC1C. The predicted molar refractivity (Wildman–Crippen MR) is 115 cm³/mol. The molecule has 1 rings (SSSR count). The molecule has 0 aromatic carbocycles. The molecule has 1 saturated heterocycles. The van der Waals surface area contributed by atoms with Gasteiger partial charge in [-0.25, -0.2) is 0 Å². The molecule has 0 aromatic rings. The Balaban J connectivity index is 1.71. The van der Waals surface area contributed by atoms with E-state index in [1.807, 2.05) is 6.92 Å². The molecule has 0 radical (unpaired) electrons. The molecule has 3 nitrogen and oxygen atoms in total. The molecule has 3 heteroatoms. The quantitative estimate of drug-likeness (QED) is 0.243. The van der Waals surface area contributed by atoms with Crippen LogP contribution in [0.2, 0.25) is 0 Å². The van der Waals surface area contributed by atoms with Gasteiger partial charge in [0.15, 0.2) is 5.79 Å². The van der Waals surface area contributed by atoms with Crippen molar-refractivity contribution in [3.63, 3.8) is 0 Å². The van der Waals surface area contributed by atoms with Crippen LogP contribution in [0.1, 0.15) is 123 Å². The third kappa shape index (κ3) is 12.9. The standard InChI is InChI=1S/C24H48O3/c1-3-4-5-6-7-8-9-10-11-12-13-14-15-16-17-18-20-26-22-24(25)23(2)19-21-27-24/h23,25H,3-22H2,1-2H3. The molecule has 27 heavy (non-hydrogen) atoms. The van der Waals surface area contributed by atoms with E-state index in [0.717, 1.165) is 19.4 Å². The van der Waals surface area contributed by atoms with E-state index in [4.69, 9.17) is 9.47 Å². The van der Waals surface area contributed by atoms with Crippen LogP contribution >= 0.6 is 0 Å². The summed E-state index contributed by atoms with van der Waals surface area (Å²) in [6.07, 6.45) is 23.1. The van der Waals surface area contributed by atoms with E-state index in [-0.39, 0.29) is 5.92 Å². The highest BCUT2D eigenvalue weighted by molar-refractivity contribution is 4.79. The summed E-state index contributed by atoms with van der Waals surface area (Å²) in [6.45, 7) is 6.04. The molecule has 2 unspecified atom stereocenters. The van der Waals surface area contributed by atoms with Crippen LogP contribution in [0.5, 0.6) is 0 Å². The summed E-state index contributed by atoms with van der Waals surface area (Å²) in [5.41, 5.74) is 0. The summed E-state index contributed by atoms with van der Waals surface area (Å²) >= 11 is 0. The first-order valence-corrected chi connectivity index (χ1v) is 12.1. The Kier molecular flexibility index (Phi) is 15.5. The maximum atomic E-state index is 10.2. The van der Waals surface area contributed by atoms with Gasteiger partial charge in [-0.05, 0) is 12.8 Å². The fourth-order valence-electron chi connectivity index (χ4n) is 3.93. The summed E-state index contributed by atoms with van der Waals surface area (Å²) in [7, 11) is 0. The van der Waals surface area contributed by atoms with Crippen LogP contribution in [-0.2, 0) is 9.47 Å². The number of rotatable bonds is 19. The third-order valence-corrected chi connectivity index (χ3v) is 6.12. The zero-order valence-corrected chi connectivity index (χ0v) is 18.5. The maximum Gasteiger partial charge on any atom is 0.191 e. The highest BCUT2D eigenvalue weighted by Crippen LogP contribution is 2.29. The van der Waals surface area contributed by atoms with Gasteiger partial charge in [0.2, 0.25) is 0 Å². The zero-order valence-electron chi connectivity index (χ0n) is 18.5. The lowest BCUT2D eigenvalue weighted by Crippen LogP contribution is -2.39. The van der Waals surface area contributed by atoms with Crippen molar-refractivity contribution in [1.29, 1.82) is 0 Å². The van der Waals surface area contributed by atoms with Crippen molar-refractivity contribution in [2.45, 2.75) is 129 Å². The second kappa shape index (κ2) is 16.8. The molecular formula is C24H48O3. The van der Waals surface area contributed by atoms with Crippen LogP contribution < -0.4 is 0 Å². The molecule has 0 amide bonds. The average Bonchev–Trinajstić information content (AvgIpc) is 2.99. The van der Waals surface area contributed by atoms with Gasteiger partial charge in [-0.1, -0.05) is 110 Å². The molecule has 1 fully saturated rings. The van der Waals surface area contributed by atoms with Crippen LogP contribution in [0, 0.1) is 5.92 Å². The normalized spacial score (nSPS) is 22.6. The van der Waals surface area contributed by atoms with Crippen molar-refractivity contribution < 1.29 is 14.6 Å². The Morgan fingerprint density at radius 3 is 1.63 bits per heavy atom. The van der Waals surface area contributed by atoms with Gasteiger partial charge in [0.25, 0.3) is 0 Å². The highest BCUT2D eigenvalue weighted by Gasteiger charge is 2.39. The Morgan fingerprint density at radius 2 is 1.22 bits per heavy atom. The third-order valence-electron chi connectivity index (χ3n) is 6.12. The van der Waals surface area contributed by atoms with E-state index in [0.29, 0.717) is 13.2 Å². The summed E-state index contributed by atoms with van der Waals surface area (Å²) in [5, 5.41) is 10.2. The molecule has 1 N–H and O–H groups in total. The molecule has 162 valence electrons. The number of unbranched alkanes of at least 4 members (excludes halogenated alkanes) is 15. The molecule has 0 aromatic heterocycles. The van der Waals surface area contributed by atoms with E-state index in [1.54, 1.807) is 0 Å².